The number of hydrogen-bond acceptors (Lipinski definition) is 4. The highest BCUT2D eigenvalue weighted by Gasteiger charge is 2.29. The zero-order chi connectivity index (χ0) is 19.0. The molecule has 1 heterocycles. The van der Waals surface area contributed by atoms with E-state index >= 15 is 0 Å². The predicted octanol–water partition coefficient (Wildman–Crippen LogP) is 3.18. The normalized spacial score (nSPS) is 12.0. The first-order chi connectivity index (χ1) is 12.4. The van der Waals surface area contributed by atoms with Crippen molar-refractivity contribution >= 4 is 11.8 Å². The van der Waals surface area contributed by atoms with Crippen LogP contribution in [0, 0.1) is 0 Å². The minimum atomic E-state index is -4.18. The smallest absolute Gasteiger partial charge is 0.295 e. The Kier molecular flexibility index (Phi) is 7.77. The maximum Gasteiger partial charge on any atom is 0.401 e. The van der Waals surface area contributed by atoms with E-state index in [0.29, 0.717) is 43.4 Å². The van der Waals surface area contributed by atoms with Crippen LogP contribution in [0.1, 0.15) is 18.9 Å². The molecule has 9 heteroatoms. The standard InChI is InChI=1S/C17H23F3N4OS/c1-2-23(13-17(18,19)20)10-6-12-26-16-22-21-15(25)24(16)11-9-14-7-4-3-5-8-14/h3-5,7-8H,2,6,9-13H2,1H3,(H,21,25). The van der Waals surface area contributed by atoms with Crippen molar-refractivity contribution < 1.29 is 13.2 Å². The molecule has 0 amide bonds. The third-order valence-electron chi connectivity index (χ3n) is 3.89. The van der Waals surface area contributed by atoms with E-state index in [2.05, 4.69) is 10.2 Å². The Bertz CT molecular complexity index is 715. The van der Waals surface area contributed by atoms with Gasteiger partial charge in [0.2, 0.25) is 0 Å². The molecule has 0 saturated heterocycles. The second-order valence-electron chi connectivity index (χ2n) is 5.88. The van der Waals surface area contributed by atoms with Crippen LogP contribution in [0.4, 0.5) is 13.2 Å². The molecule has 1 N–H and O–H groups in total. The van der Waals surface area contributed by atoms with E-state index in [9.17, 15) is 18.0 Å². The SMILES string of the molecule is CCN(CCCSc1n[nH]c(=O)n1CCc1ccccc1)CC(F)(F)F. The van der Waals surface area contributed by atoms with Crippen LogP contribution in [0.5, 0.6) is 0 Å². The van der Waals surface area contributed by atoms with Crippen molar-refractivity contribution in [3.8, 4) is 0 Å². The molecule has 5 nitrogen and oxygen atoms in total. The first-order valence-corrected chi connectivity index (χ1v) is 9.48. The number of aromatic amines is 1. The molecule has 0 unspecified atom stereocenters. The number of halogens is 3. The lowest BCUT2D eigenvalue weighted by Gasteiger charge is -2.21. The van der Waals surface area contributed by atoms with Gasteiger partial charge in [-0.05, 0) is 31.5 Å². The molecule has 0 aliphatic rings. The van der Waals surface area contributed by atoms with Crippen LogP contribution in [-0.4, -0.2) is 51.2 Å². The van der Waals surface area contributed by atoms with Gasteiger partial charge in [0.25, 0.3) is 0 Å². The van der Waals surface area contributed by atoms with Crippen molar-refractivity contribution in [2.75, 3.05) is 25.4 Å². The van der Waals surface area contributed by atoms with Gasteiger partial charge >= 0.3 is 11.9 Å². The summed E-state index contributed by atoms with van der Waals surface area (Å²) in [4.78, 5) is 13.3. The highest BCUT2D eigenvalue weighted by molar-refractivity contribution is 7.99. The summed E-state index contributed by atoms with van der Waals surface area (Å²) in [6.45, 7) is 2.05. The summed E-state index contributed by atoms with van der Waals surface area (Å²) in [6.07, 6.45) is -2.87. The zero-order valence-electron chi connectivity index (χ0n) is 14.6. The van der Waals surface area contributed by atoms with Gasteiger partial charge in [-0.3, -0.25) is 9.47 Å². The number of benzene rings is 1. The number of thioether (sulfide) groups is 1. The summed E-state index contributed by atoms with van der Waals surface area (Å²) in [5.74, 6) is 0.601. The number of aromatic nitrogens is 3. The average Bonchev–Trinajstić information content (AvgIpc) is 2.95. The topological polar surface area (TPSA) is 53.9 Å². The van der Waals surface area contributed by atoms with Gasteiger partial charge in [-0.25, -0.2) is 9.89 Å². The van der Waals surface area contributed by atoms with Gasteiger partial charge in [-0.2, -0.15) is 13.2 Å². The summed E-state index contributed by atoms with van der Waals surface area (Å²) in [7, 11) is 0. The molecular weight excluding hydrogens is 365 g/mol. The van der Waals surface area contributed by atoms with Crippen LogP contribution in [-0.2, 0) is 13.0 Å². The second kappa shape index (κ2) is 9.82. The molecule has 0 fully saturated rings. The maximum atomic E-state index is 12.4. The fourth-order valence-electron chi connectivity index (χ4n) is 2.55. The first kappa shape index (κ1) is 20.6. The fourth-order valence-corrected chi connectivity index (χ4v) is 3.45. The van der Waals surface area contributed by atoms with E-state index in [0.717, 1.165) is 5.56 Å². The molecule has 0 aliphatic carbocycles. The van der Waals surface area contributed by atoms with Crippen LogP contribution < -0.4 is 5.69 Å². The molecule has 144 valence electrons. The number of H-pyrrole nitrogens is 1. The Labute approximate surface area is 154 Å². The van der Waals surface area contributed by atoms with Crippen LogP contribution in [0.25, 0.3) is 0 Å². The Morgan fingerprint density at radius 2 is 2.00 bits per heavy atom. The van der Waals surface area contributed by atoms with E-state index < -0.39 is 12.7 Å². The number of nitrogens with one attached hydrogen (secondary N) is 1. The molecule has 26 heavy (non-hydrogen) atoms. The predicted molar refractivity (Wildman–Crippen MR) is 96.5 cm³/mol. The Morgan fingerprint density at radius 3 is 2.65 bits per heavy atom. The molecule has 0 saturated carbocycles. The number of nitrogens with zero attached hydrogens (tertiary/aromatic N) is 3. The number of alkyl halides is 3. The lowest BCUT2D eigenvalue weighted by atomic mass is 10.1. The van der Waals surface area contributed by atoms with Gasteiger partial charge in [0.05, 0.1) is 6.54 Å². The van der Waals surface area contributed by atoms with E-state index in [1.165, 1.54) is 16.7 Å². The van der Waals surface area contributed by atoms with Gasteiger partial charge in [0.15, 0.2) is 5.16 Å². The van der Waals surface area contributed by atoms with Crippen LogP contribution in [0.15, 0.2) is 40.3 Å². The quantitative estimate of drug-likeness (QED) is 0.502. The minimum absolute atomic E-state index is 0.268. The van der Waals surface area contributed by atoms with Gasteiger partial charge in [-0.15, -0.1) is 5.10 Å². The molecular formula is C17H23F3N4OS. The highest BCUT2D eigenvalue weighted by atomic mass is 32.2. The van der Waals surface area contributed by atoms with Crippen molar-refractivity contribution in [3.05, 3.63) is 46.4 Å². The molecule has 2 aromatic rings. The van der Waals surface area contributed by atoms with Crippen molar-refractivity contribution in [1.82, 2.24) is 19.7 Å². The third-order valence-corrected chi connectivity index (χ3v) is 4.95. The largest absolute Gasteiger partial charge is 0.401 e. The Morgan fingerprint density at radius 1 is 1.27 bits per heavy atom. The molecule has 0 bridgehead atoms. The molecule has 0 radical (unpaired) electrons. The monoisotopic (exact) mass is 388 g/mol. The summed E-state index contributed by atoms with van der Waals surface area (Å²) >= 11 is 1.39. The van der Waals surface area contributed by atoms with Gasteiger partial charge in [-0.1, -0.05) is 49.0 Å². The third kappa shape index (κ3) is 6.87. The van der Waals surface area contributed by atoms with E-state index in [1.807, 2.05) is 30.3 Å². The number of hydrogen-bond donors (Lipinski definition) is 1. The summed E-state index contributed by atoms with van der Waals surface area (Å²) in [5.41, 5.74) is 0.859. The van der Waals surface area contributed by atoms with Crippen LogP contribution >= 0.6 is 11.8 Å². The Balaban J connectivity index is 1.82. The van der Waals surface area contributed by atoms with Crippen LogP contribution in [0.2, 0.25) is 0 Å². The summed E-state index contributed by atoms with van der Waals surface area (Å²) < 4.78 is 38.9. The van der Waals surface area contributed by atoms with Crippen molar-refractivity contribution in [3.63, 3.8) is 0 Å². The van der Waals surface area contributed by atoms with Gasteiger partial charge in [0.1, 0.15) is 0 Å². The second-order valence-corrected chi connectivity index (χ2v) is 6.95. The number of rotatable bonds is 10. The van der Waals surface area contributed by atoms with Crippen molar-refractivity contribution in [1.29, 1.82) is 0 Å². The van der Waals surface area contributed by atoms with Crippen molar-refractivity contribution in [2.45, 2.75) is 37.6 Å². The molecule has 1 aromatic heterocycles. The highest BCUT2D eigenvalue weighted by Crippen LogP contribution is 2.18. The lowest BCUT2D eigenvalue weighted by Crippen LogP contribution is -2.35. The van der Waals surface area contributed by atoms with Gasteiger partial charge in [0, 0.05) is 12.3 Å². The molecule has 2 rings (SSSR count). The average molecular weight is 388 g/mol. The maximum absolute atomic E-state index is 12.4. The summed E-state index contributed by atoms with van der Waals surface area (Å²) in [6, 6.07) is 9.83. The molecule has 0 aliphatic heterocycles. The lowest BCUT2D eigenvalue weighted by molar-refractivity contribution is -0.145. The van der Waals surface area contributed by atoms with E-state index in [1.54, 1.807) is 11.5 Å². The fraction of sp³-hybridized carbons (Fsp3) is 0.529. The molecule has 0 atom stereocenters. The Hall–Kier alpha value is -1.74. The number of aryl methyl sites for hydroxylation is 1. The zero-order valence-corrected chi connectivity index (χ0v) is 15.4. The molecule has 1 aromatic carbocycles. The van der Waals surface area contributed by atoms with Crippen molar-refractivity contribution in [2.24, 2.45) is 0 Å². The van der Waals surface area contributed by atoms with Crippen LogP contribution in [0.3, 0.4) is 0 Å². The molecule has 0 spiro atoms. The van der Waals surface area contributed by atoms with Gasteiger partial charge < -0.3 is 0 Å². The minimum Gasteiger partial charge on any atom is -0.295 e. The van der Waals surface area contributed by atoms with E-state index in [-0.39, 0.29) is 5.69 Å². The first-order valence-electron chi connectivity index (χ1n) is 8.50. The summed E-state index contributed by atoms with van der Waals surface area (Å²) in [5, 5.41) is 7.04. The van der Waals surface area contributed by atoms with E-state index in [4.69, 9.17) is 0 Å².